The van der Waals surface area contributed by atoms with Crippen molar-refractivity contribution in [3.8, 4) is 0 Å². The minimum absolute atomic E-state index is 0.132. The van der Waals surface area contributed by atoms with Gasteiger partial charge in [-0.1, -0.05) is 18.2 Å². The maximum atomic E-state index is 12.2. The molecule has 158 valence electrons. The largest absolute Gasteiger partial charge is 0.492 e. The van der Waals surface area contributed by atoms with E-state index in [-0.39, 0.29) is 11.9 Å². The summed E-state index contributed by atoms with van der Waals surface area (Å²) in [5, 5.41) is 2.81. The van der Waals surface area contributed by atoms with Gasteiger partial charge in [-0.3, -0.25) is 4.79 Å². The molecule has 0 spiro atoms. The molecule has 0 unspecified atom stereocenters. The third-order valence-electron chi connectivity index (χ3n) is 4.99. The molecule has 29 heavy (non-hydrogen) atoms. The van der Waals surface area contributed by atoms with Gasteiger partial charge < -0.3 is 19.4 Å². The van der Waals surface area contributed by atoms with E-state index in [0.717, 1.165) is 11.0 Å². The van der Waals surface area contributed by atoms with Gasteiger partial charge in [-0.2, -0.15) is 0 Å². The molecule has 0 radical (unpaired) electrons. The monoisotopic (exact) mass is 401 g/mol. The summed E-state index contributed by atoms with van der Waals surface area (Å²) in [5.74, 6) is -0.495. The first-order chi connectivity index (χ1) is 13.2. The highest BCUT2D eigenvalue weighted by Gasteiger charge is 2.52. The van der Waals surface area contributed by atoms with Crippen molar-refractivity contribution in [2.45, 2.75) is 72.2 Å². The van der Waals surface area contributed by atoms with Crippen molar-refractivity contribution in [2.75, 3.05) is 6.54 Å². The molecule has 1 N–H and O–H groups in total. The maximum Gasteiger partial charge on any atom is 0.492 e. The lowest BCUT2D eigenvalue weighted by molar-refractivity contribution is -0.118. The molecule has 0 atom stereocenters. The number of hydrogen-bond donors (Lipinski definition) is 1. The van der Waals surface area contributed by atoms with Crippen LogP contribution in [0.25, 0.3) is 6.08 Å². The number of amides is 1. The fourth-order valence-corrected chi connectivity index (χ4v) is 2.69. The summed E-state index contributed by atoms with van der Waals surface area (Å²) in [6.45, 7) is 15.2. The van der Waals surface area contributed by atoms with Crippen molar-refractivity contribution in [1.82, 2.24) is 5.32 Å². The fraction of sp³-hybridized carbons (Fsp3) is 0.545. The van der Waals surface area contributed by atoms with E-state index in [1.807, 2.05) is 66.7 Å². The summed E-state index contributed by atoms with van der Waals surface area (Å²) in [4.78, 5) is 23.6. The molecule has 0 aromatic heterocycles. The second-order valence-electron chi connectivity index (χ2n) is 9.34. The van der Waals surface area contributed by atoms with Crippen LogP contribution in [0.15, 0.2) is 29.7 Å². The van der Waals surface area contributed by atoms with Crippen molar-refractivity contribution < 1.29 is 23.6 Å². The van der Waals surface area contributed by atoms with Gasteiger partial charge in [-0.25, -0.2) is 4.79 Å². The van der Waals surface area contributed by atoms with E-state index in [1.165, 1.54) is 6.92 Å². The van der Waals surface area contributed by atoms with Crippen molar-refractivity contribution >= 4 is 25.1 Å². The summed E-state index contributed by atoms with van der Waals surface area (Å²) < 4.78 is 17.7. The Morgan fingerprint density at radius 1 is 1.07 bits per heavy atom. The highest BCUT2D eigenvalue weighted by atomic mass is 16.7. The minimum Gasteiger partial charge on any atom is -0.456 e. The Labute approximate surface area is 174 Å². The minimum atomic E-state index is -0.572. The molecule has 0 saturated carbocycles. The quantitative estimate of drug-likeness (QED) is 0.600. The topological polar surface area (TPSA) is 73.9 Å². The van der Waals surface area contributed by atoms with Gasteiger partial charge in [0.05, 0.1) is 16.8 Å². The van der Waals surface area contributed by atoms with E-state index in [2.05, 4.69) is 5.32 Å². The molecule has 2 rings (SSSR count). The maximum absolute atomic E-state index is 12.2. The first kappa shape index (κ1) is 23.2. The molecule has 1 aliphatic heterocycles. The summed E-state index contributed by atoms with van der Waals surface area (Å²) >= 11 is 0. The van der Waals surface area contributed by atoms with Gasteiger partial charge in [0.2, 0.25) is 5.91 Å². The molecule has 1 saturated heterocycles. The Morgan fingerprint density at radius 2 is 1.59 bits per heavy atom. The lowest BCUT2D eigenvalue weighted by Crippen LogP contribution is -2.41. The average Bonchev–Trinajstić information content (AvgIpc) is 2.78. The number of ether oxygens (including phenoxy) is 1. The average molecular weight is 401 g/mol. The number of esters is 1. The van der Waals surface area contributed by atoms with Gasteiger partial charge in [0.1, 0.15) is 5.60 Å². The van der Waals surface area contributed by atoms with Crippen LogP contribution in [-0.4, -0.2) is 42.3 Å². The Morgan fingerprint density at radius 3 is 2.03 bits per heavy atom. The third-order valence-corrected chi connectivity index (χ3v) is 4.99. The van der Waals surface area contributed by atoms with E-state index in [4.69, 9.17) is 14.0 Å². The van der Waals surface area contributed by atoms with Crippen LogP contribution >= 0.6 is 0 Å². The normalized spacial score (nSPS) is 18.5. The van der Waals surface area contributed by atoms with Gasteiger partial charge in [-0.15, -0.1) is 0 Å². The van der Waals surface area contributed by atoms with Crippen LogP contribution in [0.5, 0.6) is 0 Å². The van der Waals surface area contributed by atoms with Crippen molar-refractivity contribution in [1.29, 1.82) is 0 Å². The van der Waals surface area contributed by atoms with Gasteiger partial charge in [0, 0.05) is 13.5 Å². The zero-order valence-corrected chi connectivity index (χ0v) is 18.7. The third kappa shape index (κ3) is 6.18. The zero-order chi connectivity index (χ0) is 22.0. The Hall–Kier alpha value is -2.12. The number of carbonyl (C=O) groups excluding carboxylic acids is 2. The number of benzene rings is 1. The SMILES string of the molecule is CC(=O)NCC(=Cc1ccc(C(=O)OC(C)(C)C)cc1)B1OC(C)(C)C(C)(C)O1. The second kappa shape index (κ2) is 8.32. The molecule has 0 bridgehead atoms. The molecule has 6 nitrogen and oxygen atoms in total. The van der Waals surface area contributed by atoms with Crippen LogP contribution in [0.2, 0.25) is 0 Å². The molecular formula is C22H32BNO5. The highest BCUT2D eigenvalue weighted by Crippen LogP contribution is 2.38. The summed E-state index contributed by atoms with van der Waals surface area (Å²) in [7, 11) is -0.572. The van der Waals surface area contributed by atoms with Crippen LogP contribution in [0.3, 0.4) is 0 Å². The molecule has 1 fully saturated rings. The molecule has 1 aromatic rings. The van der Waals surface area contributed by atoms with Gasteiger partial charge in [0.15, 0.2) is 0 Å². The standard InChI is InChI=1S/C22H32BNO5/c1-15(25)24-14-18(23-28-21(5,6)22(7,8)29-23)13-16-9-11-17(12-10-16)19(26)27-20(2,3)4/h9-13H,14H2,1-8H3,(H,24,25). The molecule has 0 aliphatic carbocycles. The van der Waals surface area contributed by atoms with E-state index >= 15 is 0 Å². The smallest absolute Gasteiger partial charge is 0.456 e. The zero-order valence-electron chi connectivity index (χ0n) is 18.7. The lowest BCUT2D eigenvalue weighted by atomic mass is 9.77. The van der Waals surface area contributed by atoms with Crippen LogP contribution in [0.4, 0.5) is 0 Å². The molecule has 1 amide bonds. The fourth-order valence-electron chi connectivity index (χ4n) is 2.69. The molecule has 1 heterocycles. The number of rotatable bonds is 5. The highest BCUT2D eigenvalue weighted by molar-refractivity contribution is 6.56. The Balaban J connectivity index is 2.25. The van der Waals surface area contributed by atoms with E-state index in [9.17, 15) is 9.59 Å². The van der Waals surface area contributed by atoms with Gasteiger partial charge in [-0.05, 0) is 71.6 Å². The van der Waals surface area contributed by atoms with Crippen molar-refractivity contribution in [3.63, 3.8) is 0 Å². The lowest BCUT2D eigenvalue weighted by Gasteiger charge is -2.32. The van der Waals surface area contributed by atoms with E-state index in [0.29, 0.717) is 12.1 Å². The van der Waals surface area contributed by atoms with Crippen LogP contribution in [-0.2, 0) is 18.8 Å². The number of carbonyl (C=O) groups is 2. The first-order valence-electron chi connectivity index (χ1n) is 9.84. The second-order valence-corrected chi connectivity index (χ2v) is 9.34. The number of nitrogens with one attached hydrogen (secondary N) is 1. The molecule has 1 aliphatic rings. The predicted molar refractivity (Wildman–Crippen MR) is 114 cm³/mol. The summed E-state index contributed by atoms with van der Waals surface area (Å²) in [6.07, 6.45) is 1.91. The van der Waals surface area contributed by atoms with Crippen LogP contribution in [0.1, 0.15) is 71.3 Å². The molecule has 7 heteroatoms. The van der Waals surface area contributed by atoms with E-state index in [1.54, 1.807) is 12.1 Å². The molecular weight excluding hydrogens is 369 g/mol. The first-order valence-corrected chi connectivity index (χ1v) is 9.84. The molecule has 1 aromatic carbocycles. The van der Waals surface area contributed by atoms with Crippen molar-refractivity contribution in [2.24, 2.45) is 0 Å². The van der Waals surface area contributed by atoms with Crippen LogP contribution in [0, 0.1) is 0 Å². The van der Waals surface area contributed by atoms with Gasteiger partial charge >= 0.3 is 13.1 Å². The van der Waals surface area contributed by atoms with Crippen molar-refractivity contribution in [3.05, 3.63) is 40.9 Å². The van der Waals surface area contributed by atoms with Crippen LogP contribution < -0.4 is 5.32 Å². The summed E-state index contributed by atoms with van der Waals surface area (Å²) in [6, 6.07) is 7.11. The number of hydrogen-bond acceptors (Lipinski definition) is 5. The predicted octanol–water partition coefficient (Wildman–Crippen LogP) is 3.79. The Bertz CT molecular complexity index is 774. The summed E-state index contributed by atoms with van der Waals surface area (Å²) in [5.41, 5.74) is 0.645. The Kier molecular flexibility index (Phi) is 6.65. The van der Waals surface area contributed by atoms with E-state index < -0.39 is 23.9 Å². The van der Waals surface area contributed by atoms with Gasteiger partial charge in [0.25, 0.3) is 0 Å².